The quantitative estimate of drug-likeness (QED) is 0.795. The van der Waals surface area contributed by atoms with Crippen LogP contribution in [-0.4, -0.2) is 6.10 Å². The molecule has 0 atom stereocenters. The number of ether oxygens (including phenoxy) is 1. The maximum Gasteiger partial charge on any atom is 0.149 e. The van der Waals surface area contributed by atoms with Crippen LogP contribution in [0.2, 0.25) is 0 Å². The molecule has 1 fully saturated rings. The predicted octanol–water partition coefficient (Wildman–Crippen LogP) is 3.76. The molecule has 17 heavy (non-hydrogen) atoms. The van der Waals surface area contributed by atoms with E-state index in [1.807, 2.05) is 0 Å². The van der Waals surface area contributed by atoms with E-state index in [9.17, 15) is 4.39 Å². The SMILES string of the molecule is CC1(C)CCC(Oc2cccc(F)c2N)CC1. The van der Waals surface area contributed by atoms with Gasteiger partial charge in [-0.25, -0.2) is 4.39 Å². The first-order valence-electron chi connectivity index (χ1n) is 6.19. The molecule has 0 aliphatic heterocycles. The first-order chi connectivity index (χ1) is 7.98. The van der Waals surface area contributed by atoms with Crippen molar-refractivity contribution in [2.24, 2.45) is 5.41 Å². The van der Waals surface area contributed by atoms with E-state index >= 15 is 0 Å². The Morgan fingerprint density at radius 2 is 1.94 bits per heavy atom. The van der Waals surface area contributed by atoms with E-state index in [0.717, 1.165) is 25.7 Å². The first-order valence-corrected chi connectivity index (χ1v) is 6.19. The van der Waals surface area contributed by atoms with E-state index in [0.29, 0.717) is 11.2 Å². The summed E-state index contributed by atoms with van der Waals surface area (Å²) >= 11 is 0. The van der Waals surface area contributed by atoms with Gasteiger partial charge in [-0.1, -0.05) is 19.9 Å². The maximum atomic E-state index is 13.3. The molecule has 0 bridgehead atoms. The van der Waals surface area contributed by atoms with Gasteiger partial charge in [0.25, 0.3) is 0 Å². The second kappa shape index (κ2) is 4.55. The molecule has 1 saturated carbocycles. The standard InChI is InChI=1S/C14H20FNO/c1-14(2)8-6-10(7-9-14)17-12-5-3-4-11(15)13(12)16/h3-5,10H,6-9,16H2,1-2H3. The summed E-state index contributed by atoms with van der Waals surface area (Å²) in [6.45, 7) is 4.56. The Morgan fingerprint density at radius 3 is 2.59 bits per heavy atom. The zero-order chi connectivity index (χ0) is 12.5. The van der Waals surface area contributed by atoms with E-state index in [2.05, 4.69) is 13.8 Å². The number of nitrogens with two attached hydrogens (primary N) is 1. The monoisotopic (exact) mass is 237 g/mol. The van der Waals surface area contributed by atoms with Crippen LogP contribution in [-0.2, 0) is 0 Å². The highest BCUT2D eigenvalue weighted by Crippen LogP contribution is 2.37. The molecule has 0 spiro atoms. The molecule has 0 amide bonds. The minimum atomic E-state index is -0.404. The summed E-state index contributed by atoms with van der Waals surface area (Å²) in [5.41, 5.74) is 6.19. The molecule has 2 N–H and O–H groups in total. The minimum Gasteiger partial charge on any atom is -0.488 e. The molecule has 1 aliphatic carbocycles. The van der Waals surface area contributed by atoms with Crippen molar-refractivity contribution in [2.75, 3.05) is 5.73 Å². The van der Waals surface area contributed by atoms with Crippen LogP contribution in [0.1, 0.15) is 39.5 Å². The first kappa shape index (κ1) is 12.2. The van der Waals surface area contributed by atoms with Gasteiger partial charge in [0, 0.05) is 0 Å². The summed E-state index contributed by atoms with van der Waals surface area (Å²) in [5.74, 6) is 0.0772. The van der Waals surface area contributed by atoms with Crippen molar-refractivity contribution in [1.29, 1.82) is 0 Å². The van der Waals surface area contributed by atoms with Gasteiger partial charge in [0.05, 0.1) is 6.10 Å². The third-order valence-electron chi connectivity index (χ3n) is 3.59. The number of nitrogen functional groups attached to an aromatic ring is 1. The zero-order valence-corrected chi connectivity index (χ0v) is 10.5. The fraction of sp³-hybridized carbons (Fsp3) is 0.571. The fourth-order valence-electron chi connectivity index (χ4n) is 2.29. The van der Waals surface area contributed by atoms with Crippen LogP contribution in [0.15, 0.2) is 18.2 Å². The number of rotatable bonds is 2. The average Bonchev–Trinajstić information content (AvgIpc) is 2.27. The highest BCUT2D eigenvalue weighted by molar-refractivity contribution is 5.53. The van der Waals surface area contributed by atoms with Gasteiger partial charge in [-0.3, -0.25) is 0 Å². The number of benzene rings is 1. The second-order valence-corrected chi connectivity index (χ2v) is 5.63. The average molecular weight is 237 g/mol. The van der Waals surface area contributed by atoms with Crippen LogP contribution < -0.4 is 10.5 Å². The molecular weight excluding hydrogens is 217 g/mol. The van der Waals surface area contributed by atoms with Gasteiger partial charge in [-0.2, -0.15) is 0 Å². The van der Waals surface area contributed by atoms with Gasteiger partial charge in [-0.15, -0.1) is 0 Å². The van der Waals surface area contributed by atoms with Crippen LogP contribution in [0.25, 0.3) is 0 Å². The van der Waals surface area contributed by atoms with Crippen LogP contribution in [0, 0.1) is 11.2 Å². The molecule has 94 valence electrons. The van der Waals surface area contributed by atoms with Crippen molar-refractivity contribution in [3.05, 3.63) is 24.0 Å². The Kier molecular flexibility index (Phi) is 3.27. The largest absolute Gasteiger partial charge is 0.488 e. The molecule has 1 aromatic rings. The van der Waals surface area contributed by atoms with Crippen molar-refractivity contribution in [3.8, 4) is 5.75 Å². The number of halogens is 1. The van der Waals surface area contributed by atoms with Gasteiger partial charge >= 0.3 is 0 Å². The van der Waals surface area contributed by atoms with E-state index in [1.54, 1.807) is 12.1 Å². The van der Waals surface area contributed by atoms with Crippen molar-refractivity contribution in [3.63, 3.8) is 0 Å². The highest BCUT2D eigenvalue weighted by atomic mass is 19.1. The summed E-state index contributed by atoms with van der Waals surface area (Å²) in [6, 6.07) is 4.72. The van der Waals surface area contributed by atoms with Crippen LogP contribution >= 0.6 is 0 Å². The van der Waals surface area contributed by atoms with E-state index in [-0.39, 0.29) is 11.8 Å². The fourth-order valence-corrected chi connectivity index (χ4v) is 2.29. The molecule has 0 unspecified atom stereocenters. The number of hydrogen-bond acceptors (Lipinski definition) is 2. The lowest BCUT2D eigenvalue weighted by Gasteiger charge is -2.34. The van der Waals surface area contributed by atoms with Crippen molar-refractivity contribution in [1.82, 2.24) is 0 Å². The lowest BCUT2D eigenvalue weighted by molar-refractivity contribution is 0.0991. The Labute approximate surface area is 102 Å². The van der Waals surface area contributed by atoms with Crippen LogP contribution in [0.5, 0.6) is 5.75 Å². The summed E-state index contributed by atoms with van der Waals surface area (Å²) in [6.07, 6.45) is 4.50. The third kappa shape index (κ3) is 2.90. The van der Waals surface area contributed by atoms with E-state index in [4.69, 9.17) is 10.5 Å². The Morgan fingerprint density at radius 1 is 1.29 bits per heavy atom. The summed E-state index contributed by atoms with van der Waals surface area (Å²) < 4.78 is 19.0. The van der Waals surface area contributed by atoms with Crippen molar-refractivity contribution < 1.29 is 9.13 Å². The number of para-hydroxylation sites is 1. The maximum absolute atomic E-state index is 13.3. The Balaban J connectivity index is 2.00. The molecular formula is C14H20FNO. The molecule has 1 aromatic carbocycles. The zero-order valence-electron chi connectivity index (χ0n) is 10.5. The van der Waals surface area contributed by atoms with E-state index < -0.39 is 5.82 Å². The summed E-state index contributed by atoms with van der Waals surface area (Å²) in [5, 5.41) is 0. The van der Waals surface area contributed by atoms with Gasteiger partial charge < -0.3 is 10.5 Å². The van der Waals surface area contributed by atoms with E-state index in [1.165, 1.54) is 6.07 Å². The molecule has 2 rings (SSSR count). The third-order valence-corrected chi connectivity index (χ3v) is 3.59. The molecule has 0 aromatic heterocycles. The molecule has 1 aliphatic rings. The second-order valence-electron chi connectivity index (χ2n) is 5.63. The summed E-state index contributed by atoms with van der Waals surface area (Å²) in [7, 11) is 0. The smallest absolute Gasteiger partial charge is 0.149 e. The van der Waals surface area contributed by atoms with Gasteiger partial charge in [0.2, 0.25) is 0 Å². The predicted molar refractivity (Wildman–Crippen MR) is 67.5 cm³/mol. The van der Waals surface area contributed by atoms with Crippen LogP contribution in [0.4, 0.5) is 10.1 Å². The van der Waals surface area contributed by atoms with Gasteiger partial charge in [0.1, 0.15) is 17.3 Å². The molecule has 0 saturated heterocycles. The van der Waals surface area contributed by atoms with Gasteiger partial charge in [-0.05, 0) is 43.2 Å². The molecule has 3 heteroatoms. The molecule has 2 nitrogen and oxygen atoms in total. The van der Waals surface area contributed by atoms with Crippen molar-refractivity contribution >= 4 is 5.69 Å². The lowest BCUT2D eigenvalue weighted by atomic mass is 9.76. The molecule has 0 radical (unpaired) electrons. The van der Waals surface area contributed by atoms with Crippen LogP contribution in [0.3, 0.4) is 0 Å². The van der Waals surface area contributed by atoms with Gasteiger partial charge in [0.15, 0.2) is 0 Å². The number of anilines is 1. The highest BCUT2D eigenvalue weighted by Gasteiger charge is 2.28. The minimum absolute atomic E-state index is 0.123. The van der Waals surface area contributed by atoms with Crippen molar-refractivity contribution in [2.45, 2.75) is 45.6 Å². The molecule has 0 heterocycles. The Hall–Kier alpha value is -1.25. The number of hydrogen-bond donors (Lipinski definition) is 1. The normalized spacial score (nSPS) is 20.2. The topological polar surface area (TPSA) is 35.2 Å². The Bertz CT molecular complexity index is 393. The lowest BCUT2D eigenvalue weighted by Crippen LogP contribution is -2.28. The summed E-state index contributed by atoms with van der Waals surface area (Å²) in [4.78, 5) is 0.